The summed E-state index contributed by atoms with van der Waals surface area (Å²) in [6.45, 7) is 8.71. The average Bonchev–Trinajstić information content (AvgIpc) is 3.57. The second-order valence-electron chi connectivity index (χ2n) is 13.9. The average molecular weight is 781 g/mol. The fourth-order valence-electron chi connectivity index (χ4n) is 6.69. The summed E-state index contributed by atoms with van der Waals surface area (Å²) < 4.78 is 71.5. The summed E-state index contributed by atoms with van der Waals surface area (Å²) in [6, 6.07) is 8.09. The SMILES string of the molecule is CC1(C)C(/C=C/C=C2/N(CCCS(=O)(=O)[O-])c3ccc(S(=O)(=O)[O-])cc3C2(C)C)=Nc2c1ccc[n+]2CCCCCC(=O)ON1C(=O)CCC1=O.[K+]. The van der Waals surface area contributed by atoms with E-state index in [9.17, 15) is 40.3 Å². The summed E-state index contributed by atoms with van der Waals surface area (Å²) in [6.07, 6.45) is 9.74. The zero-order valence-electron chi connectivity index (χ0n) is 30.0. The number of carbonyl (C=O) groups is 3. The van der Waals surface area contributed by atoms with E-state index in [0.717, 1.165) is 29.2 Å². The van der Waals surface area contributed by atoms with E-state index in [-0.39, 0.29) is 88.5 Å². The molecule has 274 valence electrons. The third kappa shape index (κ3) is 9.36. The van der Waals surface area contributed by atoms with Gasteiger partial charge in [-0.05, 0) is 92.6 Å². The molecule has 0 saturated carbocycles. The maximum absolute atomic E-state index is 12.1. The Morgan fingerprint density at radius 3 is 2.31 bits per heavy atom. The molecule has 0 spiro atoms. The molecular formula is C35H41KN4O10S2. The van der Waals surface area contributed by atoms with Crippen LogP contribution in [-0.2, 0) is 56.8 Å². The molecular weight excluding hydrogens is 740 g/mol. The van der Waals surface area contributed by atoms with Crippen molar-refractivity contribution in [1.82, 2.24) is 5.06 Å². The third-order valence-electron chi connectivity index (χ3n) is 9.50. The summed E-state index contributed by atoms with van der Waals surface area (Å²) in [7, 11) is -9.16. The van der Waals surface area contributed by atoms with Gasteiger partial charge in [0, 0.05) is 48.4 Å². The number of allylic oxidation sites excluding steroid dienone is 4. The Balaban J connectivity index is 0.00000605. The molecule has 14 nitrogen and oxygen atoms in total. The van der Waals surface area contributed by atoms with Crippen molar-refractivity contribution in [3.8, 4) is 0 Å². The molecule has 1 aromatic carbocycles. The predicted octanol–water partition coefficient (Wildman–Crippen LogP) is 0.587. The van der Waals surface area contributed by atoms with E-state index < -0.39 is 54.6 Å². The molecule has 0 radical (unpaired) electrons. The molecule has 3 aliphatic heterocycles. The molecule has 2 amide bonds. The zero-order valence-corrected chi connectivity index (χ0v) is 34.7. The van der Waals surface area contributed by atoms with Gasteiger partial charge in [-0.1, -0.05) is 19.9 Å². The molecule has 2 aromatic rings. The van der Waals surface area contributed by atoms with Crippen molar-refractivity contribution >= 4 is 55.2 Å². The van der Waals surface area contributed by atoms with Crippen LogP contribution in [0.4, 0.5) is 11.5 Å². The Morgan fingerprint density at radius 1 is 0.962 bits per heavy atom. The van der Waals surface area contributed by atoms with Gasteiger partial charge >= 0.3 is 63.2 Å². The normalized spacial score (nSPS) is 18.5. The van der Waals surface area contributed by atoms with Crippen molar-refractivity contribution in [3.63, 3.8) is 0 Å². The minimum atomic E-state index is -4.72. The summed E-state index contributed by atoms with van der Waals surface area (Å²) in [5, 5.41) is 0.559. The molecule has 4 heterocycles. The van der Waals surface area contributed by atoms with Gasteiger partial charge in [-0.3, -0.25) is 9.59 Å². The van der Waals surface area contributed by atoms with Gasteiger partial charge in [0.2, 0.25) is 0 Å². The molecule has 0 aliphatic carbocycles. The minimum absolute atomic E-state index is 0. The van der Waals surface area contributed by atoms with E-state index in [2.05, 4.69) is 18.4 Å². The summed E-state index contributed by atoms with van der Waals surface area (Å²) in [4.78, 5) is 46.9. The van der Waals surface area contributed by atoms with E-state index in [1.165, 1.54) is 18.2 Å². The predicted molar refractivity (Wildman–Crippen MR) is 184 cm³/mol. The monoisotopic (exact) mass is 780 g/mol. The Bertz CT molecular complexity index is 2060. The van der Waals surface area contributed by atoms with Crippen LogP contribution in [0.5, 0.6) is 0 Å². The molecule has 17 heteroatoms. The van der Waals surface area contributed by atoms with Crippen molar-refractivity contribution in [2.45, 2.75) is 94.9 Å². The molecule has 3 aliphatic rings. The first-order chi connectivity index (χ1) is 23.8. The maximum Gasteiger partial charge on any atom is 1.00 e. The number of fused-ring (bicyclic) bond motifs is 2. The van der Waals surface area contributed by atoms with Crippen LogP contribution < -0.4 is 60.9 Å². The van der Waals surface area contributed by atoms with Crippen molar-refractivity contribution in [2.24, 2.45) is 4.99 Å². The van der Waals surface area contributed by atoms with Crippen molar-refractivity contribution in [1.29, 1.82) is 0 Å². The number of hydrogen-bond acceptors (Lipinski definition) is 12. The number of imide groups is 1. The van der Waals surface area contributed by atoms with Crippen LogP contribution >= 0.6 is 0 Å². The number of aliphatic imine (C=N–C) groups is 1. The van der Waals surface area contributed by atoms with E-state index >= 15 is 0 Å². The van der Waals surface area contributed by atoms with E-state index in [0.29, 0.717) is 35.7 Å². The first-order valence-corrected chi connectivity index (χ1v) is 19.7. The van der Waals surface area contributed by atoms with E-state index in [4.69, 9.17) is 9.83 Å². The molecule has 0 unspecified atom stereocenters. The fourth-order valence-corrected chi connectivity index (χ4v) is 7.67. The number of aryl methyl sites for hydroxylation is 1. The fraction of sp³-hybridized carbons (Fsp3) is 0.457. The van der Waals surface area contributed by atoms with Crippen molar-refractivity contribution < 1.29 is 101 Å². The number of nitrogens with zero attached hydrogens (tertiary/aromatic N) is 4. The quantitative estimate of drug-likeness (QED) is 0.0855. The number of aromatic nitrogens is 1. The standard InChI is InChI=1S/C35H42N4O10S2.K/c1-34(2)25-11-9-20-37(19-7-5-6-14-32(42)49-39-30(40)17-18-31(39)41)33(25)36-28(34)12-8-13-29-35(3,4)26-23-24(51(46,47)48)15-16-27(26)38(29)21-10-22-50(43,44)45;/h8-9,11-13,15-16,20,23H,5-7,10,14,17-19,21-22H2,1-4H3,(H-,43,44,45,46,47,48);/q;+1/p-1. The molecule has 0 N–H and O–H groups in total. The molecule has 1 saturated heterocycles. The number of hydrogen-bond donors (Lipinski definition) is 0. The Morgan fingerprint density at radius 2 is 1.65 bits per heavy atom. The Hall–Kier alpha value is -2.61. The molecule has 0 bridgehead atoms. The smallest absolute Gasteiger partial charge is 0.748 e. The zero-order chi connectivity index (χ0) is 37.4. The van der Waals surface area contributed by atoms with Crippen LogP contribution in [0.25, 0.3) is 0 Å². The van der Waals surface area contributed by atoms with Crippen molar-refractivity contribution in [3.05, 3.63) is 71.6 Å². The number of anilines is 1. The Labute approximate surface area is 346 Å². The molecule has 0 atom stereocenters. The van der Waals surface area contributed by atoms with Crippen LogP contribution in [0.15, 0.2) is 70.3 Å². The summed E-state index contributed by atoms with van der Waals surface area (Å²) in [5.41, 5.74) is 2.54. The summed E-state index contributed by atoms with van der Waals surface area (Å²) in [5.74, 6) is -1.38. The van der Waals surface area contributed by atoms with Crippen LogP contribution in [0.1, 0.15) is 83.8 Å². The molecule has 1 fully saturated rings. The van der Waals surface area contributed by atoms with Gasteiger partial charge in [0.05, 0.1) is 38.7 Å². The van der Waals surface area contributed by atoms with Crippen LogP contribution in [-0.4, -0.2) is 66.8 Å². The Kier molecular flexibility index (Phi) is 13.3. The molecule has 1 aromatic heterocycles. The van der Waals surface area contributed by atoms with E-state index in [1.54, 1.807) is 0 Å². The van der Waals surface area contributed by atoms with Gasteiger partial charge in [0.1, 0.15) is 10.1 Å². The van der Waals surface area contributed by atoms with Gasteiger partial charge in [-0.2, -0.15) is 0 Å². The largest absolute Gasteiger partial charge is 1.00 e. The number of pyridine rings is 1. The van der Waals surface area contributed by atoms with Crippen molar-refractivity contribution in [2.75, 3.05) is 17.2 Å². The first-order valence-electron chi connectivity index (χ1n) is 16.7. The molecule has 5 rings (SSSR count). The molecule has 52 heavy (non-hydrogen) atoms. The second-order valence-corrected chi connectivity index (χ2v) is 16.8. The van der Waals surface area contributed by atoms with Crippen LogP contribution in [0, 0.1) is 0 Å². The van der Waals surface area contributed by atoms with E-state index in [1.807, 2.05) is 55.3 Å². The van der Waals surface area contributed by atoms with Gasteiger partial charge in [-0.15, -0.1) is 5.06 Å². The number of unbranched alkanes of at least 4 members (excludes halogenated alkanes) is 2. The third-order valence-corrected chi connectivity index (χ3v) is 11.1. The van der Waals surface area contributed by atoms with Gasteiger partial charge in [0.25, 0.3) is 11.8 Å². The number of carbonyl (C=O) groups excluding carboxylic acids is 3. The van der Waals surface area contributed by atoms with Gasteiger partial charge in [-0.25, -0.2) is 26.2 Å². The van der Waals surface area contributed by atoms with Gasteiger partial charge in [0.15, 0.2) is 5.71 Å². The number of hydroxylamine groups is 2. The first kappa shape index (κ1) is 42.1. The number of benzene rings is 1. The maximum atomic E-state index is 12.1. The summed E-state index contributed by atoms with van der Waals surface area (Å²) >= 11 is 0. The minimum Gasteiger partial charge on any atom is -0.748 e. The van der Waals surface area contributed by atoms with Gasteiger partial charge < -0.3 is 18.8 Å². The number of rotatable bonds is 14. The van der Waals surface area contributed by atoms with Crippen LogP contribution in [0.3, 0.4) is 0 Å². The topological polar surface area (TPSA) is 198 Å². The van der Waals surface area contributed by atoms with Crippen LogP contribution in [0.2, 0.25) is 0 Å². The second kappa shape index (κ2) is 16.4. The number of amides is 2.